The third-order valence-corrected chi connectivity index (χ3v) is 3.82. The molecule has 0 saturated carbocycles. The quantitative estimate of drug-likeness (QED) is 0.808. The predicted octanol–water partition coefficient (Wildman–Crippen LogP) is 2.15. The molecule has 4 heteroatoms. The molecule has 3 nitrogen and oxygen atoms in total. The molecule has 0 aromatic heterocycles. The summed E-state index contributed by atoms with van der Waals surface area (Å²) in [6.07, 6.45) is 1.33. The second kappa shape index (κ2) is 3.88. The number of hydrogen-bond acceptors (Lipinski definition) is 3. The normalized spacial score (nSPS) is 26.4. The van der Waals surface area contributed by atoms with Crippen molar-refractivity contribution < 1.29 is 9.13 Å². The summed E-state index contributed by atoms with van der Waals surface area (Å²) in [5.74, 6) is -0.141. The first-order chi connectivity index (χ1) is 8.19. The number of rotatable bonds is 1. The topological polar surface area (TPSA) is 24.5 Å². The molecule has 0 amide bonds. The van der Waals surface area contributed by atoms with E-state index in [-0.39, 0.29) is 11.9 Å². The average molecular weight is 236 g/mol. The van der Waals surface area contributed by atoms with E-state index in [1.807, 2.05) is 13.0 Å². The fourth-order valence-electron chi connectivity index (χ4n) is 2.81. The molecule has 3 rings (SSSR count). The Hall–Kier alpha value is -1.29. The van der Waals surface area contributed by atoms with Crippen LogP contribution in [0.4, 0.5) is 15.8 Å². The Labute approximate surface area is 101 Å². The number of anilines is 2. The maximum absolute atomic E-state index is 13.5. The van der Waals surface area contributed by atoms with Crippen molar-refractivity contribution >= 4 is 11.4 Å². The second-order valence-corrected chi connectivity index (χ2v) is 4.90. The molecule has 0 radical (unpaired) electrons. The monoisotopic (exact) mass is 236 g/mol. The van der Waals surface area contributed by atoms with Crippen LogP contribution in [-0.2, 0) is 4.74 Å². The Morgan fingerprint density at radius 3 is 3.06 bits per heavy atom. The van der Waals surface area contributed by atoms with Gasteiger partial charge in [0, 0.05) is 26.2 Å². The molecule has 1 fully saturated rings. The standard InChI is InChI=1S/C13H17FN2O/c1-8-3-13-12(5-11(8)14)15-6-9-4-10(17-2)7-16(9)13/h3,5,9-10,15H,4,6-7H2,1-2H3. The predicted molar refractivity (Wildman–Crippen MR) is 66.2 cm³/mol. The lowest BCUT2D eigenvalue weighted by Crippen LogP contribution is -2.39. The lowest BCUT2D eigenvalue weighted by atomic mass is 10.1. The Morgan fingerprint density at radius 1 is 1.47 bits per heavy atom. The van der Waals surface area contributed by atoms with Crippen molar-refractivity contribution in [2.24, 2.45) is 0 Å². The number of halogens is 1. The molecule has 17 heavy (non-hydrogen) atoms. The highest BCUT2D eigenvalue weighted by atomic mass is 19.1. The summed E-state index contributed by atoms with van der Waals surface area (Å²) in [5, 5.41) is 3.31. The van der Waals surface area contributed by atoms with Crippen molar-refractivity contribution in [1.82, 2.24) is 0 Å². The summed E-state index contributed by atoms with van der Waals surface area (Å²) < 4.78 is 18.9. The minimum absolute atomic E-state index is 0.141. The van der Waals surface area contributed by atoms with Crippen molar-refractivity contribution in [2.75, 3.05) is 30.4 Å². The van der Waals surface area contributed by atoms with Gasteiger partial charge in [-0.05, 0) is 31.0 Å². The van der Waals surface area contributed by atoms with Gasteiger partial charge in [0.2, 0.25) is 0 Å². The van der Waals surface area contributed by atoms with Crippen LogP contribution in [0.5, 0.6) is 0 Å². The van der Waals surface area contributed by atoms with Crippen LogP contribution in [0.1, 0.15) is 12.0 Å². The van der Waals surface area contributed by atoms with Gasteiger partial charge in [-0.3, -0.25) is 0 Å². The van der Waals surface area contributed by atoms with Crippen LogP contribution in [0.15, 0.2) is 12.1 Å². The van der Waals surface area contributed by atoms with E-state index in [1.54, 1.807) is 13.2 Å². The van der Waals surface area contributed by atoms with Gasteiger partial charge in [-0.25, -0.2) is 4.39 Å². The molecule has 2 unspecified atom stereocenters. The third-order valence-electron chi connectivity index (χ3n) is 3.82. The fraction of sp³-hybridized carbons (Fsp3) is 0.538. The van der Waals surface area contributed by atoms with Crippen LogP contribution in [-0.4, -0.2) is 32.3 Å². The van der Waals surface area contributed by atoms with E-state index in [9.17, 15) is 4.39 Å². The molecule has 1 N–H and O–H groups in total. The Balaban J connectivity index is 1.98. The van der Waals surface area contributed by atoms with Gasteiger partial charge in [0.05, 0.1) is 17.5 Å². The molecular formula is C13H17FN2O. The molecule has 0 spiro atoms. The molecule has 1 aromatic rings. The molecule has 92 valence electrons. The maximum atomic E-state index is 13.5. The number of nitrogens with one attached hydrogen (secondary N) is 1. The largest absolute Gasteiger partial charge is 0.381 e. The van der Waals surface area contributed by atoms with Crippen molar-refractivity contribution in [3.05, 3.63) is 23.5 Å². The first-order valence-electron chi connectivity index (χ1n) is 6.02. The Bertz CT molecular complexity index is 449. The summed E-state index contributed by atoms with van der Waals surface area (Å²) >= 11 is 0. The Kier molecular flexibility index (Phi) is 2.47. The van der Waals surface area contributed by atoms with Gasteiger partial charge >= 0.3 is 0 Å². The zero-order chi connectivity index (χ0) is 12.0. The number of ether oxygens (including phenoxy) is 1. The number of fused-ring (bicyclic) bond motifs is 3. The summed E-state index contributed by atoms with van der Waals surface area (Å²) in [4.78, 5) is 2.34. The lowest BCUT2D eigenvalue weighted by molar-refractivity contribution is 0.118. The van der Waals surface area contributed by atoms with E-state index < -0.39 is 0 Å². The second-order valence-electron chi connectivity index (χ2n) is 4.90. The van der Waals surface area contributed by atoms with Crippen LogP contribution in [0.2, 0.25) is 0 Å². The zero-order valence-corrected chi connectivity index (χ0v) is 10.2. The summed E-state index contributed by atoms with van der Waals surface area (Å²) in [6.45, 7) is 3.58. The van der Waals surface area contributed by atoms with Crippen LogP contribution in [0.25, 0.3) is 0 Å². The smallest absolute Gasteiger partial charge is 0.128 e. The van der Waals surface area contributed by atoms with Crippen molar-refractivity contribution in [3.63, 3.8) is 0 Å². The van der Waals surface area contributed by atoms with Crippen molar-refractivity contribution in [2.45, 2.75) is 25.5 Å². The molecule has 2 aliphatic rings. The molecular weight excluding hydrogens is 219 g/mol. The van der Waals surface area contributed by atoms with Gasteiger partial charge in [0.1, 0.15) is 5.82 Å². The molecule has 1 saturated heterocycles. The maximum Gasteiger partial charge on any atom is 0.128 e. The highest BCUT2D eigenvalue weighted by Crippen LogP contribution is 2.38. The van der Waals surface area contributed by atoms with Gasteiger partial charge in [-0.15, -0.1) is 0 Å². The Morgan fingerprint density at radius 2 is 2.29 bits per heavy atom. The van der Waals surface area contributed by atoms with E-state index in [4.69, 9.17) is 4.74 Å². The number of aryl methyl sites for hydroxylation is 1. The van der Waals surface area contributed by atoms with Crippen molar-refractivity contribution in [1.29, 1.82) is 0 Å². The van der Waals surface area contributed by atoms with Gasteiger partial charge < -0.3 is 15.0 Å². The van der Waals surface area contributed by atoms with Crippen LogP contribution in [0, 0.1) is 12.7 Å². The first kappa shape index (κ1) is 10.8. The van der Waals surface area contributed by atoms with Gasteiger partial charge in [0.15, 0.2) is 0 Å². The number of hydrogen-bond donors (Lipinski definition) is 1. The molecule has 2 heterocycles. The summed E-state index contributed by atoms with van der Waals surface area (Å²) in [5.41, 5.74) is 2.72. The van der Waals surface area contributed by atoms with E-state index in [0.717, 1.165) is 30.9 Å². The third kappa shape index (κ3) is 1.67. The van der Waals surface area contributed by atoms with Crippen LogP contribution in [0.3, 0.4) is 0 Å². The van der Waals surface area contributed by atoms with E-state index >= 15 is 0 Å². The van der Waals surface area contributed by atoms with E-state index in [0.29, 0.717) is 11.6 Å². The molecule has 0 aliphatic carbocycles. The zero-order valence-electron chi connectivity index (χ0n) is 10.2. The minimum Gasteiger partial charge on any atom is -0.381 e. The number of benzene rings is 1. The molecule has 2 aliphatic heterocycles. The lowest BCUT2D eigenvalue weighted by Gasteiger charge is -2.34. The summed E-state index contributed by atoms with van der Waals surface area (Å²) in [7, 11) is 1.76. The fourth-order valence-corrected chi connectivity index (χ4v) is 2.81. The van der Waals surface area contributed by atoms with E-state index in [1.165, 1.54) is 0 Å². The first-order valence-corrected chi connectivity index (χ1v) is 6.02. The van der Waals surface area contributed by atoms with Crippen LogP contribution >= 0.6 is 0 Å². The highest BCUT2D eigenvalue weighted by Gasteiger charge is 2.36. The molecule has 0 bridgehead atoms. The minimum atomic E-state index is -0.141. The van der Waals surface area contributed by atoms with Gasteiger partial charge in [-0.1, -0.05) is 0 Å². The number of nitrogens with zero attached hydrogens (tertiary/aromatic N) is 1. The number of methoxy groups -OCH3 is 1. The highest BCUT2D eigenvalue weighted by molar-refractivity contribution is 5.74. The summed E-state index contributed by atoms with van der Waals surface area (Å²) in [6, 6.07) is 4.00. The molecule has 2 atom stereocenters. The average Bonchev–Trinajstić information content (AvgIpc) is 2.74. The van der Waals surface area contributed by atoms with Gasteiger partial charge in [-0.2, -0.15) is 0 Å². The van der Waals surface area contributed by atoms with Crippen LogP contribution < -0.4 is 10.2 Å². The SMILES string of the molecule is COC1CC2CNc3cc(F)c(C)cc3N2C1. The van der Waals surface area contributed by atoms with E-state index in [2.05, 4.69) is 10.2 Å². The molecule has 1 aromatic carbocycles. The van der Waals surface area contributed by atoms with Crippen molar-refractivity contribution in [3.8, 4) is 0 Å². The van der Waals surface area contributed by atoms with Gasteiger partial charge in [0.25, 0.3) is 0 Å².